The van der Waals surface area contributed by atoms with Crippen molar-refractivity contribution in [2.75, 3.05) is 6.61 Å². The first-order chi connectivity index (χ1) is 20.3. The predicted molar refractivity (Wildman–Crippen MR) is 163 cm³/mol. The van der Waals surface area contributed by atoms with Gasteiger partial charge in [-0.25, -0.2) is 0 Å². The number of aliphatic carboxylic acids is 1. The molecule has 1 heterocycles. The number of aliphatic hydroxyl groups is 1. The van der Waals surface area contributed by atoms with Crippen molar-refractivity contribution in [3.63, 3.8) is 0 Å². The summed E-state index contributed by atoms with van der Waals surface area (Å²) in [4.78, 5) is 15.0. The van der Waals surface area contributed by atoms with E-state index in [0.717, 1.165) is 11.1 Å². The van der Waals surface area contributed by atoms with Crippen LogP contribution >= 0.6 is 11.6 Å². The van der Waals surface area contributed by atoms with E-state index < -0.39 is 18.6 Å². The van der Waals surface area contributed by atoms with E-state index in [9.17, 15) is 4.79 Å². The van der Waals surface area contributed by atoms with Crippen LogP contribution in [-0.2, 0) is 30.8 Å². The molecule has 7 nitrogen and oxygen atoms in total. The standard InChI is InChI=1S/C18H18ClN3O4.C16H16/c1-11-2-17(26-10-13-3-12(5-20)6-21-7-13)14(4-15(11)19)8-22-16(9-23)18(24)25;1-12-6-2-3-9-14(12)16-11-5-8-13-7-4-10-15(13)16/h2-4,6-7,16,22-23H,8-10H2,1H3,(H,24,25);2-3,5-6,8-9,11H,4,7,10H2,1H3. The number of hydrogen-bond acceptors (Lipinski definition) is 6. The fourth-order valence-corrected chi connectivity index (χ4v) is 5.15. The van der Waals surface area contributed by atoms with Crippen LogP contribution in [0.3, 0.4) is 0 Å². The average molecular weight is 584 g/mol. The third-order valence-corrected chi connectivity index (χ3v) is 7.67. The molecule has 0 bridgehead atoms. The zero-order valence-electron chi connectivity index (χ0n) is 23.7. The van der Waals surface area contributed by atoms with Crippen molar-refractivity contribution in [1.29, 1.82) is 5.26 Å². The molecular formula is C34H34ClN3O4. The van der Waals surface area contributed by atoms with Crippen LogP contribution in [0.4, 0.5) is 0 Å². The number of nitrogens with one attached hydrogen (secondary N) is 1. The molecular weight excluding hydrogens is 550 g/mol. The van der Waals surface area contributed by atoms with Gasteiger partial charge in [0.2, 0.25) is 0 Å². The number of nitriles is 1. The maximum Gasteiger partial charge on any atom is 0.323 e. The van der Waals surface area contributed by atoms with Crippen molar-refractivity contribution in [3.8, 4) is 22.9 Å². The van der Waals surface area contributed by atoms with Gasteiger partial charge in [-0.05, 0) is 84.7 Å². The van der Waals surface area contributed by atoms with Crippen molar-refractivity contribution in [1.82, 2.24) is 10.3 Å². The summed E-state index contributed by atoms with van der Waals surface area (Å²) in [7, 11) is 0. The van der Waals surface area contributed by atoms with E-state index in [1.807, 2.05) is 13.0 Å². The van der Waals surface area contributed by atoms with Gasteiger partial charge < -0.3 is 14.9 Å². The average Bonchev–Trinajstić information content (AvgIpc) is 3.48. The van der Waals surface area contributed by atoms with Crippen molar-refractivity contribution < 1.29 is 19.7 Å². The third-order valence-electron chi connectivity index (χ3n) is 7.26. The lowest BCUT2D eigenvalue weighted by Gasteiger charge is -2.16. The largest absolute Gasteiger partial charge is 0.489 e. The van der Waals surface area contributed by atoms with E-state index in [4.69, 9.17) is 31.8 Å². The number of hydrogen-bond donors (Lipinski definition) is 3. The molecule has 42 heavy (non-hydrogen) atoms. The van der Waals surface area contributed by atoms with Crippen LogP contribution in [0, 0.1) is 25.2 Å². The van der Waals surface area contributed by atoms with E-state index in [-0.39, 0.29) is 13.2 Å². The van der Waals surface area contributed by atoms with Crippen LogP contribution in [0.5, 0.6) is 5.75 Å². The summed E-state index contributed by atoms with van der Waals surface area (Å²) in [6.07, 6.45) is 6.90. The summed E-state index contributed by atoms with van der Waals surface area (Å²) in [5, 5.41) is 30.3. The highest BCUT2D eigenvalue weighted by Crippen LogP contribution is 2.33. The van der Waals surface area contributed by atoms with E-state index >= 15 is 0 Å². The maximum absolute atomic E-state index is 11.0. The van der Waals surface area contributed by atoms with Crippen LogP contribution in [0.2, 0.25) is 5.02 Å². The third kappa shape index (κ3) is 7.74. The van der Waals surface area contributed by atoms with Crippen LogP contribution in [0.15, 0.2) is 73.1 Å². The van der Waals surface area contributed by atoms with Crippen LogP contribution in [0.25, 0.3) is 11.1 Å². The molecule has 0 saturated heterocycles. The molecule has 3 aromatic carbocycles. The number of aliphatic hydroxyl groups excluding tert-OH is 1. The molecule has 1 unspecified atom stereocenters. The summed E-state index contributed by atoms with van der Waals surface area (Å²) in [6, 6.07) is 21.5. The van der Waals surface area contributed by atoms with Gasteiger partial charge in [0.05, 0.1) is 12.2 Å². The topological polar surface area (TPSA) is 115 Å². The molecule has 5 rings (SSSR count). The van der Waals surface area contributed by atoms with Crippen molar-refractivity contribution >= 4 is 17.6 Å². The number of carbonyl (C=O) groups is 1. The molecule has 0 aliphatic heterocycles. The minimum atomic E-state index is -1.15. The zero-order valence-corrected chi connectivity index (χ0v) is 24.5. The van der Waals surface area contributed by atoms with Gasteiger partial charge in [-0.3, -0.25) is 15.1 Å². The quantitative estimate of drug-likeness (QED) is 0.215. The van der Waals surface area contributed by atoms with Crippen molar-refractivity contribution in [3.05, 3.63) is 117 Å². The van der Waals surface area contributed by atoms with Gasteiger partial charge in [0.25, 0.3) is 0 Å². The highest BCUT2D eigenvalue weighted by atomic mass is 35.5. The summed E-state index contributed by atoms with van der Waals surface area (Å²) < 4.78 is 5.83. The maximum atomic E-state index is 11.0. The number of rotatable bonds is 9. The highest BCUT2D eigenvalue weighted by Gasteiger charge is 2.17. The molecule has 3 N–H and O–H groups in total. The molecule has 0 amide bonds. The number of benzene rings is 3. The Labute approximate surface area is 251 Å². The number of fused-ring (bicyclic) bond motifs is 1. The molecule has 1 aliphatic rings. The summed E-state index contributed by atoms with van der Waals surface area (Å²) in [5.41, 5.74) is 10.0. The molecule has 0 saturated carbocycles. The molecule has 216 valence electrons. The van der Waals surface area contributed by atoms with Gasteiger partial charge in [0, 0.05) is 35.1 Å². The molecule has 0 spiro atoms. The Kier molecular flexibility index (Phi) is 10.7. The highest BCUT2D eigenvalue weighted by molar-refractivity contribution is 6.31. The lowest BCUT2D eigenvalue weighted by atomic mass is 9.94. The van der Waals surface area contributed by atoms with E-state index in [2.05, 4.69) is 59.7 Å². The molecule has 4 aromatic rings. The number of aryl methyl sites for hydroxylation is 3. The smallest absolute Gasteiger partial charge is 0.323 e. The van der Waals surface area contributed by atoms with E-state index in [1.165, 1.54) is 42.1 Å². The number of ether oxygens (including phenoxy) is 1. The number of carboxylic acids is 1. The lowest BCUT2D eigenvalue weighted by molar-refractivity contribution is -0.140. The normalized spacial score (nSPS) is 12.5. The Morgan fingerprint density at radius 3 is 2.60 bits per heavy atom. The Bertz CT molecular complexity index is 1600. The number of aromatic nitrogens is 1. The molecule has 8 heteroatoms. The van der Waals surface area contributed by atoms with Crippen molar-refractivity contribution in [2.24, 2.45) is 0 Å². The summed E-state index contributed by atoms with van der Waals surface area (Å²) in [6.45, 7) is 3.85. The zero-order chi connectivity index (χ0) is 30.1. The first-order valence-electron chi connectivity index (χ1n) is 13.8. The SMILES string of the molecule is Cc1cc(OCc2cncc(C#N)c2)c(CNC(CO)C(=O)O)cc1Cl.Cc1ccccc1-c1cccc2c1CCC2. The molecule has 1 aromatic heterocycles. The molecule has 0 fully saturated rings. The fraction of sp³-hybridized carbons (Fsp3) is 0.265. The summed E-state index contributed by atoms with van der Waals surface area (Å²) in [5.74, 6) is -0.614. The predicted octanol–water partition coefficient (Wildman–Crippen LogP) is 6.18. The van der Waals surface area contributed by atoms with E-state index in [1.54, 1.807) is 35.5 Å². The molecule has 0 radical (unpaired) electrons. The number of pyridine rings is 1. The second-order valence-electron chi connectivity index (χ2n) is 10.3. The van der Waals surface area contributed by atoms with Crippen LogP contribution < -0.4 is 10.1 Å². The lowest BCUT2D eigenvalue weighted by Crippen LogP contribution is -2.39. The first kappa shape index (κ1) is 30.7. The minimum absolute atomic E-state index is 0.156. The monoisotopic (exact) mass is 583 g/mol. The van der Waals surface area contributed by atoms with Gasteiger partial charge in [-0.15, -0.1) is 0 Å². The fourth-order valence-electron chi connectivity index (χ4n) is 4.97. The summed E-state index contributed by atoms with van der Waals surface area (Å²) >= 11 is 6.16. The second-order valence-corrected chi connectivity index (χ2v) is 10.7. The van der Waals surface area contributed by atoms with Gasteiger partial charge in [0.1, 0.15) is 24.5 Å². The molecule has 1 aliphatic carbocycles. The van der Waals surface area contributed by atoms with Crippen LogP contribution in [0.1, 0.15) is 45.4 Å². The van der Waals surface area contributed by atoms with Gasteiger partial charge in [-0.1, -0.05) is 54.1 Å². The first-order valence-corrected chi connectivity index (χ1v) is 14.2. The Balaban J connectivity index is 0.000000214. The second kappa shape index (κ2) is 14.6. The van der Waals surface area contributed by atoms with Gasteiger partial charge >= 0.3 is 5.97 Å². The van der Waals surface area contributed by atoms with Gasteiger partial charge in [-0.2, -0.15) is 5.26 Å². The Morgan fingerprint density at radius 1 is 1.07 bits per heavy atom. The number of nitrogens with zero attached hydrogens (tertiary/aromatic N) is 2. The Morgan fingerprint density at radius 2 is 1.86 bits per heavy atom. The minimum Gasteiger partial charge on any atom is -0.489 e. The number of carboxylic acid groups (broad SMARTS) is 1. The number of halogens is 1. The van der Waals surface area contributed by atoms with Gasteiger partial charge in [0.15, 0.2) is 0 Å². The Hall–Kier alpha value is -4.22. The van der Waals surface area contributed by atoms with E-state index in [0.29, 0.717) is 21.9 Å². The molecule has 1 atom stereocenters. The van der Waals surface area contributed by atoms with Crippen LogP contribution in [-0.4, -0.2) is 33.8 Å². The van der Waals surface area contributed by atoms with Crippen molar-refractivity contribution in [2.45, 2.75) is 52.3 Å².